The average Bonchev–Trinajstić information content (AvgIpc) is 3.70. The van der Waals surface area contributed by atoms with E-state index in [-0.39, 0.29) is 18.3 Å². The van der Waals surface area contributed by atoms with Crippen LogP contribution in [0.1, 0.15) is 27.0 Å². The highest BCUT2D eigenvalue weighted by Crippen LogP contribution is 2.57. The number of methoxy groups -OCH3 is 2. The van der Waals surface area contributed by atoms with Crippen molar-refractivity contribution in [1.29, 1.82) is 0 Å². The van der Waals surface area contributed by atoms with Gasteiger partial charge in [0.2, 0.25) is 0 Å². The van der Waals surface area contributed by atoms with Crippen molar-refractivity contribution in [2.45, 2.75) is 35.5 Å². The molecule has 3 aliphatic heterocycles. The number of aliphatic imine (C=N–C) groups is 3. The van der Waals surface area contributed by atoms with Crippen molar-refractivity contribution in [3.63, 3.8) is 0 Å². The lowest BCUT2D eigenvalue weighted by molar-refractivity contribution is -0.0514. The predicted octanol–water partition coefficient (Wildman–Crippen LogP) is 2.76. The van der Waals surface area contributed by atoms with Crippen molar-refractivity contribution in [3.8, 4) is 11.5 Å². The second kappa shape index (κ2) is 13.5. The number of carbonyl (C=O) groups is 1. The molecule has 0 aromatic heterocycles. The summed E-state index contributed by atoms with van der Waals surface area (Å²) in [5, 5.41) is 35.2. The molecule has 3 aliphatic rings. The van der Waals surface area contributed by atoms with Crippen LogP contribution in [0.2, 0.25) is 0 Å². The molecule has 1 unspecified atom stereocenters. The van der Waals surface area contributed by atoms with Crippen molar-refractivity contribution in [2.24, 2.45) is 15.0 Å². The number of nitrogens with one attached hydrogen (secondary N) is 1. The Labute approximate surface area is 289 Å². The fraction of sp³-hybridized carbons (Fsp3) is 0.263. The molecule has 256 valence electrons. The first kappa shape index (κ1) is 33.1. The number of amides is 1. The zero-order valence-corrected chi connectivity index (χ0v) is 27.5. The highest BCUT2D eigenvalue weighted by Gasteiger charge is 2.68. The summed E-state index contributed by atoms with van der Waals surface area (Å²) in [7, 11) is 3.17. The van der Waals surface area contributed by atoms with Gasteiger partial charge in [0.15, 0.2) is 11.8 Å². The van der Waals surface area contributed by atoms with Crippen LogP contribution < -0.4 is 14.8 Å². The van der Waals surface area contributed by atoms with Crippen molar-refractivity contribution < 1.29 is 34.3 Å². The number of fused-ring (bicyclic) bond motifs is 1. The number of para-hydroxylation sites is 2. The second-order valence-corrected chi connectivity index (χ2v) is 12.1. The van der Waals surface area contributed by atoms with Gasteiger partial charge < -0.3 is 34.8 Å². The van der Waals surface area contributed by atoms with E-state index in [4.69, 9.17) is 29.2 Å². The summed E-state index contributed by atoms with van der Waals surface area (Å²) >= 11 is 0. The first-order valence-electron chi connectivity index (χ1n) is 16.2. The number of hydrogen-bond acceptors (Lipinski definition) is 11. The SMILES string of the molecule is COc1ccccc1C(c1ccccc1)(c1ccccc1OC)C12N=CN([C@@H]3O[C@H](CO)[C@@H](O)[C@H]3O)C1=NCN=C2NC(=O)c1ccccc1. The van der Waals surface area contributed by atoms with E-state index >= 15 is 0 Å². The van der Waals surface area contributed by atoms with Gasteiger partial charge in [0.05, 0.1) is 32.6 Å². The van der Waals surface area contributed by atoms with E-state index < -0.39 is 48.0 Å². The van der Waals surface area contributed by atoms with Crippen molar-refractivity contribution in [3.05, 3.63) is 131 Å². The van der Waals surface area contributed by atoms with Crippen LogP contribution >= 0.6 is 0 Å². The van der Waals surface area contributed by atoms with Gasteiger partial charge in [-0.2, -0.15) is 0 Å². The third-order valence-electron chi connectivity index (χ3n) is 9.57. The van der Waals surface area contributed by atoms with E-state index in [0.717, 1.165) is 5.56 Å². The third kappa shape index (κ3) is 4.99. The van der Waals surface area contributed by atoms with Gasteiger partial charge in [0.1, 0.15) is 48.2 Å². The molecule has 1 fully saturated rings. The summed E-state index contributed by atoms with van der Waals surface area (Å²) in [6, 6.07) is 33.5. The number of amidine groups is 2. The molecule has 12 nitrogen and oxygen atoms in total. The minimum atomic E-state index is -1.72. The standard InChI is InChI=1S/C38H37N5O7/c1-48-28-19-11-9-17-26(28)37(25-15-7-4-8-16-25,27-18-10-12-20-29(27)49-2)38-35(42-33(47)24-13-5-3-6-14-24)39-22-40-36(38)43(23-41-38)34-32(46)31(45)30(21-44)50-34/h3-20,23,30-32,34,44-46H,21-22H2,1-2H3,(H,39,42,47)/t30-,31-,32-,34-,38?/m1/s1. The Kier molecular flexibility index (Phi) is 8.93. The van der Waals surface area contributed by atoms with E-state index in [1.807, 2.05) is 84.9 Å². The fourth-order valence-corrected chi connectivity index (χ4v) is 7.39. The summed E-state index contributed by atoms with van der Waals surface area (Å²) in [6.45, 7) is -0.619. The number of hydrogen-bond donors (Lipinski definition) is 4. The predicted molar refractivity (Wildman–Crippen MR) is 187 cm³/mol. The molecule has 5 atom stereocenters. The zero-order chi connectivity index (χ0) is 34.9. The van der Waals surface area contributed by atoms with Gasteiger partial charge in [-0.3, -0.25) is 14.7 Å². The minimum Gasteiger partial charge on any atom is -0.496 e. The number of aliphatic hydroxyl groups is 3. The van der Waals surface area contributed by atoms with Crippen LogP contribution in [0.3, 0.4) is 0 Å². The first-order chi connectivity index (χ1) is 24.4. The molecule has 1 amide bonds. The molecule has 0 spiro atoms. The van der Waals surface area contributed by atoms with Gasteiger partial charge in [-0.1, -0.05) is 84.9 Å². The van der Waals surface area contributed by atoms with Crippen LogP contribution in [0.5, 0.6) is 11.5 Å². The summed E-state index contributed by atoms with van der Waals surface area (Å²) < 4.78 is 18.2. The molecule has 0 saturated carbocycles. The number of rotatable bonds is 9. The van der Waals surface area contributed by atoms with Gasteiger partial charge >= 0.3 is 0 Å². The number of ether oxygens (including phenoxy) is 3. The van der Waals surface area contributed by atoms with E-state index in [2.05, 4.69) is 5.32 Å². The molecular formula is C38H37N5O7. The van der Waals surface area contributed by atoms with Crippen LogP contribution in [-0.2, 0) is 10.2 Å². The number of aliphatic hydroxyl groups excluding tert-OH is 3. The molecule has 4 aromatic rings. The fourth-order valence-electron chi connectivity index (χ4n) is 7.39. The number of nitrogens with zero attached hydrogens (tertiary/aromatic N) is 4. The Morgan fingerprint density at radius 1 is 0.860 bits per heavy atom. The van der Waals surface area contributed by atoms with Gasteiger partial charge in [0, 0.05) is 16.7 Å². The van der Waals surface area contributed by atoms with Crippen molar-refractivity contribution >= 4 is 23.9 Å². The van der Waals surface area contributed by atoms with Crippen molar-refractivity contribution in [2.75, 3.05) is 27.5 Å². The molecule has 0 aliphatic carbocycles. The van der Waals surface area contributed by atoms with Crippen LogP contribution in [0.4, 0.5) is 0 Å². The summed E-state index contributed by atoms with van der Waals surface area (Å²) in [6.07, 6.45) is -3.60. The molecule has 1 saturated heterocycles. The molecule has 7 rings (SSSR count). The Bertz CT molecular complexity index is 1910. The van der Waals surface area contributed by atoms with E-state index in [0.29, 0.717) is 28.2 Å². The summed E-state index contributed by atoms with van der Waals surface area (Å²) in [5.41, 5.74) is -0.739. The van der Waals surface area contributed by atoms with Gasteiger partial charge in [-0.05, 0) is 29.8 Å². The molecule has 4 N–H and O–H groups in total. The van der Waals surface area contributed by atoms with Crippen LogP contribution in [-0.4, -0.2) is 102 Å². The monoisotopic (exact) mass is 675 g/mol. The Hall–Kier alpha value is -5.40. The minimum absolute atomic E-state index is 0.0984. The molecule has 4 aromatic carbocycles. The molecule has 0 radical (unpaired) electrons. The number of carbonyl (C=O) groups excluding carboxylic acids is 1. The van der Waals surface area contributed by atoms with Gasteiger partial charge in [-0.25, -0.2) is 9.98 Å². The molecule has 50 heavy (non-hydrogen) atoms. The van der Waals surface area contributed by atoms with Crippen molar-refractivity contribution in [1.82, 2.24) is 10.2 Å². The number of benzene rings is 4. The lowest BCUT2D eigenvalue weighted by Crippen LogP contribution is -2.68. The van der Waals surface area contributed by atoms with Crippen LogP contribution in [0.15, 0.2) is 124 Å². The van der Waals surface area contributed by atoms with Crippen LogP contribution in [0.25, 0.3) is 0 Å². The quantitative estimate of drug-likeness (QED) is 0.197. The van der Waals surface area contributed by atoms with Gasteiger partial charge in [0.25, 0.3) is 5.91 Å². The lowest BCUT2D eigenvalue weighted by atomic mass is 9.56. The Morgan fingerprint density at radius 3 is 2.02 bits per heavy atom. The van der Waals surface area contributed by atoms with E-state index in [1.54, 1.807) is 43.4 Å². The second-order valence-electron chi connectivity index (χ2n) is 12.1. The largest absolute Gasteiger partial charge is 0.496 e. The topological polar surface area (TPSA) is 158 Å². The zero-order valence-electron chi connectivity index (χ0n) is 27.5. The average molecular weight is 676 g/mol. The summed E-state index contributed by atoms with van der Waals surface area (Å²) in [4.78, 5) is 30.7. The lowest BCUT2D eigenvalue weighted by Gasteiger charge is -2.50. The first-order valence-corrected chi connectivity index (χ1v) is 16.2. The van der Waals surface area contributed by atoms with E-state index in [1.165, 1.54) is 6.34 Å². The Balaban J connectivity index is 1.58. The normalized spacial score (nSPS) is 24.3. The maximum absolute atomic E-state index is 14.1. The van der Waals surface area contributed by atoms with Crippen LogP contribution in [0, 0.1) is 0 Å². The molecule has 12 heteroatoms. The maximum atomic E-state index is 14.1. The third-order valence-corrected chi connectivity index (χ3v) is 9.57. The molecular weight excluding hydrogens is 638 g/mol. The van der Waals surface area contributed by atoms with E-state index in [9.17, 15) is 20.1 Å². The molecule has 0 bridgehead atoms. The highest BCUT2D eigenvalue weighted by atomic mass is 16.6. The Morgan fingerprint density at radius 2 is 1.44 bits per heavy atom. The smallest absolute Gasteiger partial charge is 0.256 e. The van der Waals surface area contributed by atoms with Gasteiger partial charge in [-0.15, -0.1) is 0 Å². The maximum Gasteiger partial charge on any atom is 0.256 e. The molecule has 3 heterocycles. The summed E-state index contributed by atoms with van der Waals surface area (Å²) in [5.74, 6) is 1.04. The highest BCUT2D eigenvalue weighted by molar-refractivity contribution is 6.27.